The number of nitrogens with zero attached hydrogens (tertiary/aromatic N) is 3. The maximum atomic E-state index is 15.4. The molecule has 0 spiro atoms. The predicted octanol–water partition coefficient (Wildman–Crippen LogP) is 7.64. The minimum Gasteiger partial charge on any atom is -0.508 e. The summed E-state index contributed by atoms with van der Waals surface area (Å²) in [4.78, 5) is 64.6. The number of hydrogen-bond acceptors (Lipinski definition) is 6. The first-order valence-corrected chi connectivity index (χ1v) is 19.9. The van der Waals surface area contributed by atoms with E-state index < -0.39 is 40.9 Å². The standard InChI is InChI=1S/C44H39BrClN3O5/c45-28-14-17-37(50)35(22-28)39-32-15-16-33-38(42(53)48(40(33)51)30-18-20-47(21-19-30)25-26-8-3-1-4-9-26)34(32)24-36-41(52)49(31-13-7-12-29(46)23-31)43(54)44(36,39)27-10-5-2-6-11-27/h1-15,17,22-23,30,33-34,36,38-39,50H,16,18-21,24-25H2. The number of carbonyl (C=O) groups excluding carboxylic acids is 4. The van der Waals surface area contributed by atoms with E-state index in [1.54, 1.807) is 41.3 Å². The van der Waals surface area contributed by atoms with Crippen molar-refractivity contribution in [3.05, 3.63) is 141 Å². The van der Waals surface area contributed by atoms with Crippen LogP contribution in [0.15, 0.2) is 119 Å². The SMILES string of the molecule is O=C1C2CC3C(=CCC4C(=O)N(C5CCN(Cc6ccccc6)CC5)C(=O)C43)C(c3cc(Br)ccc3O)C2(c2ccccc2)C(=O)N1c1cccc(Cl)c1. The van der Waals surface area contributed by atoms with Gasteiger partial charge in [-0.25, -0.2) is 4.90 Å². The molecule has 54 heavy (non-hydrogen) atoms. The number of halogens is 2. The molecule has 4 amide bonds. The molecule has 3 saturated heterocycles. The van der Waals surface area contributed by atoms with Crippen LogP contribution in [-0.2, 0) is 31.1 Å². The van der Waals surface area contributed by atoms with Gasteiger partial charge in [0.05, 0.1) is 28.9 Å². The average molecular weight is 805 g/mol. The maximum absolute atomic E-state index is 15.4. The summed E-state index contributed by atoms with van der Waals surface area (Å²) in [5.41, 5.74) is 2.11. The monoisotopic (exact) mass is 803 g/mol. The smallest absolute Gasteiger partial charge is 0.246 e. The minimum atomic E-state index is -1.45. The Morgan fingerprint density at radius 1 is 0.796 bits per heavy atom. The van der Waals surface area contributed by atoms with E-state index in [0.717, 1.165) is 25.2 Å². The number of phenolic OH excluding ortho intramolecular Hbond substituents is 1. The number of fused-ring (bicyclic) bond motifs is 4. The lowest BCUT2D eigenvalue weighted by atomic mass is 9.49. The van der Waals surface area contributed by atoms with E-state index >= 15 is 4.79 Å². The van der Waals surface area contributed by atoms with E-state index in [9.17, 15) is 19.5 Å². The number of carbonyl (C=O) groups is 4. The number of anilines is 1. The van der Waals surface area contributed by atoms with Crippen LogP contribution < -0.4 is 4.90 Å². The number of hydrogen-bond donors (Lipinski definition) is 1. The van der Waals surface area contributed by atoms with Gasteiger partial charge in [0.25, 0.3) is 0 Å². The molecule has 2 aliphatic carbocycles. The van der Waals surface area contributed by atoms with Crippen LogP contribution in [0.2, 0.25) is 5.02 Å². The molecule has 9 rings (SSSR count). The number of allylic oxidation sites excluding steroid dienone is 2. The Bertz CT molecular complexity index is 2210. The number of imide groups is 2. The van der Waals surface area contributed by atoms with Crippen LogP contribution in [0.4, 0.5) is 5.69 Å². The van der Waals surface area contributed by atoms with Crippen LogP contribution in [-0.4, -0.2) is 57.7 Å². The summed E-state index contributed by atoms with van der Waals surface area (Å²) < 4.78 is 0.701. The van der Waals surface area contributed by atoms with Crippen molar-refractivity contribution in [3.63, 3.8) is 0 Å². The highest BCUT2D eigenvalue weighted by atomic mass is 79.9. The topological polar surface area (TPSA) is 98.2 Å². The van der Waals surface area contributed by atoms with Crippen LogP contribution >= 0.6 is 27.5 Å². The number of amides is 4. The third-order valence-corrected chi connectivity index (χ3v) is 13.4. The van der Waals surface area contributed by atoms with E-state index in [-0.39, 0.29) is 35.9 Å². The van der Waals surface area contributed by atoms with E-state index in [4.69, 9.17) is 11.6 Å². The lowest BCUT2D eigenvalue weighted by molar-refractivity contribution is -0.144. The van der Waals surface area contributed by atoms with E-state index in [0.29, 0.717) is 45.6 Å². The van der Waals surface area contributed by atoms with E-state index in [1.165, 1.54) is 10.5 Å². The highest BCUT2D eigenvalue weighted by molar-refractivity contribution is 9.10. The summed E-state index contributed by atoms with van der Waals surface area (Å²) in [6.07, 6.45) is 3.98. The fourth-order valence-corrected chi connectivity index (χ4v) is 11.0. The van der Waals surface area contributed by atoms with Crippen molar-refractivity contribution < 1.29 is 24.3 Å². The Hall–Kier alpha value is -4.57. The summed E-state index contributed by atoms with van der Waals surface area (Å²) in [5.74, 6) is -4.55. The fraction of sp³-hybridized carbons (Fsp3) is 0.318. The molecule has 6 unspecified atom stereocenters. The first-order chi connectivity index (χ1) is 26.2. The molecular formula is C44H39BrClN3O5. The molecule has 1 saturated carbocycles. The van der Waals surface area contributed by atoms with Crippen molar-refractivity contribution in [1.82, 2.24) is 9.80 Å². The lowest BCUT2D eigenvalue weighted by Crippen LogP contribution is -2.53. The second-order valence-electron chi connectivity index (χ2n) is 15.3. The predicted molar refractivity (Wildman–Crippen MR) is 208 cm³/mol. The van der Waals surface area contributed by atoms with Gasteiger partial charge in [0.15, 0.2) is 0 Å². The molecule has 3 aliphatic heterocycles. The molecule has 4 fully saturated rings. The second-order valence-corrected chi connectivity index (χ2v) is 16.7. The van der Waals surface area contributed by atoms with Crippen LogP contribution in [0.1, 0.15) is 48.3 Å². The van der Waals surface area contributed by atoms with Gasteiger partial charge in [-0.3, -0.25) is 29.0 Å². The fourth-order valence-electron chi connectivity index (χ4n) is 10.4. The van der Waals surface area contributed by atoms with Crippen LogP contribution in [0, 0.1) is 23.7 Å². The molecule has 5 aliphatic rings. The van der Waals surface area contributed by atoms with Crippen molar-refractivity contribution in [2.24, 2.45) is 23.7 Å². The van der Waals surface area contributed by atoms with Crippen LogP contribution in [0.5, 0.6) is 5.75 Å². The van der Waals surface area contributed by atoms with Gasteiger partial charge in [0.1, 0.15) is 5.75 Å². The molecule has 8 nitrogen and oxygen atoms in total. The molecule has 0 aromatic heterocycles. The molecular weight excluding hydrogens is 766 g/mol. The molecule has 4 aromatic rings. The van der Waals surface area contributed by atoms with Crippen molar-refractivity contribution >= 4 is 56.8 Å². The number of phenols is 1. The quantitative estimate of drug-likeness (QED) is 0.159. The number of piperidine rings is 1. The third-order valence-electron chi connectivity index (χ3n) is 12.7. The second kappa shape index (κ2) is 13.6. The molecule has 10 heteroatoms. The zero-order valence-corrected chi connectivity index (χ0v) is 31.8. The Morgan fingerprint density at radius 2 is 1.52 bits per heavy atom. The van der Waals surface area contributed by atoms with Gasteiger partial charge in [0, 0.05) is 46.7 Å². The zero-order valence-electron chi connectivity index (χ0n) is 29.5. The molecule has 1 N–H and O–H groups in total. The lowest BCUT2D eigenvalue weighted by Gasteiger charge is -2.50. The largest absolute Gasteiger partial charge is 0.508 e. The molecule has 3 heterocycles. The van der Waals surface area contributed by atoms with Crippen LogP contribution in [0.3, 0.4) is 0 Å². The summed E-state index contributed by atoms with van der Waals surface area (Å²) >= 11 is 10.0. The Morgan fingerprint density at radius 3 is 2.24 bits per heavy atom. The number of benzene rings is 4. The summed E-state index contributed by atoms with van der Waals surface area (Å²) in [6, 6.07) is 31.3. The summed E-state index contributed by atoms with van der Waals surface area (Å²) in [7, 11) is 0. The molecule has 0 bridgehead atoms. The Labute approximate surface area is 327 Å². The molecule has 4 aromatic carbocycles. The maximum Gasteiger partial charge on any atom is 0.246 e. The van der Waals surface area contributed by atoms with Crippen LogP contribution in [0.25, 0.3) is 0 Å². The Balaban J connectivity index is 1.13. The first kappa shape index (κ1) is 35.2. The molecule has 6 atom stereocenters. The average Bonchev–Trinajstić information content (AvgIpc) is 3.57. The first-order valence-electron chi connectivity index (χ1n) is 18.7. The van der Waals surface area contributed by atoms with Gasteiger partial charge in [-0.2, -0.15) is 0 Å². The third kappa shape index (κ3) is 5.41. The number of aromatic hydroxyl groups is 1. The van der Waals surface area contributed by atoms with Gasteiger partial charge >= 0.3 is 0 Å². The number of likely N-dealkylation sites (tertiary alicyclic amines) is 2. The highest BCUT2D eigenvalue weighted by Crippen LogP contribution is 2.65. The molecule has 0 radical (unpaired) electrons. The summed E-state index contributed by atoms with van der Waals surface area (Å²) in [6.45, 7) is 2.38. The summed E-state index contributed by atoms with van der Waals surface area (Å²) in [5, 5.41) is 12.0. The highest BCUT2D eigenvalue weighted by Gasteiger charge is 2.70. The Kier molecular flexibility index (Phi) is 8.87. The van der Waals surface area contributed by atoms with Gasteiger partial charge in [0.2, 0.25) is 23.6 Å². The molecule has 274 valence electrons. The zero-order chi connectivity index (χ0) is 37.3. The van der Waals surface area contributed by atoms with Crippen molar-refractivity contribution in [1.29, 1.82) is 0 Å². The van der Waals surface area contributed by atoms with Crippen molar-refractivity contribution in [3.8, 4) is 5.75 Å². The minimum absolute atomic E-state index is 0.0138. The van der Waals surface area contributed by atoms with Gasteiger partial charge in [-0.1, -0.05) is 106 Å². The van der Waals surface area contributed by atoms with Gasteiger partial charge in [-0.05, 0) is 79.1 Å². The normalized spacial score (nSPS) is 28.6. The number of rotatable bonds is 6. The van der Waals surface area contributed by atoms with Crippen molar-refractivity contribution in [2.75, 3.05) is 18.0 Å². The van der Waals surface area contributed by atoms with E-state index in [2.05, 4.69) is 33.0 Å². The van der Waals surface area contributed by atoms with E-state index in [1.807, 2.05) is 60.7 Å². The van der Waals surface area contributed by atoms with Gasteiger partial charge < -0.3 is 5.11 Å². The van der Waals surface area contributed by atoms with Crippen molar-refractivity contribution in [2.45, 2.75) is 49.6 Å². The van der Waals surface area contributed by atoms with Gasteiger partial charge in [-0.15, -0.1) is 0 Å².